The molecule has 0 spiro atoms. The van der Waals surface area contributed by atoms with E-state index in [0.29, 0.717) is 6.61 Å². The summed E-state index contributed by atoms with van der Waals surface area (Å²) in [7, 11) is -1.87. The van der Waals surface area contributed by atoms with E-state index in [0.717, 1.165) is 11.1 Å². The number of rotatable bonds is 7. The van der Waals surface area contributed by atoms with Crippen LogP contribution in [0.15, 0.2) is 60.7 Å². The Morgan fingerprint density at radius 1 is 0.933 bits per heavy atom. The third-order valence-electron chi connectivity index (χ3n) is 5.22. The second-order valence-corrected chi connectivity index (χ2v) is 13.9. The van der Waals surface area contributed by atoms with Gasteiger partial charge in [-0.2, -0.15) is 0 Å². The van der Waals surface area contributed by atoms with Crippen molar-refractivity contribution < 1.29 is 23.4 Å². The van der Waals surface area contributed by atoms with Gasteiger partial charge < -0.3 is 23.4 Å². The maximum atomic E-state index is 6.63. The topological polar surface area (TPSA) is 46.2 Å². The molecule has 0 N–H and O–H groups in total. The molecule has 5 atom stereocenters. The van der Waals surface area contributed by atoms with Crippen molar-refractivity contribution in [1.82, 2.24) is 0 Å². The van der Waals surface area contributed by atoms with Gasteiger partial charge in [0.05, 0.1) is 12.7 Å². The number of fused-ring (bicyclic) bond motifs is 1. The molecule has 0 bridgehead atoms. The van der Waals surface area contributed by atoms with E-state index in [9.17, 15) is 0 Å². The Kier molecular flexibility index (Phi) is 6.17. The first-order valence-corrected chi connectivity index (χ1v) is 14.0. The van der Waals surface area contributed by atoms with E-state index < -0.39 is 20.4 Å². The van der Waals surface area contributed by atoms with Crippen LogP contribution in [0.2, 0.25) is 19.6 Å². The summed E-state index contributed by atoms with van der Waals surface area (Å²) in [5.74, 6) is -0.698. The van der Waals surface area contributed by atoms with Gasteiger partial charge in [-0.05, 0) is 44.6 Å². The second kappa shape index (κ2) is 8.53. The third-order valence-corrected chi connectivity index (χ3v) is 6.18. The Hall–Kier alpha value is -1.54. The summed E-state index contributed by atoms with van der Waals surface area (Å²) in [6.45, 7) is 10.9. The first-order chi connectivity index (χ1) is 14.2. The van der Waals surface area contributed by atoms with Gasteiger partial charge in [-0.25, -0.2) is 0 Å². The SMILES string of the molecule is CC1(C)O[C@H]2O[C@H](C(O[Si](C)(C)C)c3ccccc3)[C@H](OCc3ccccc3)[C@H]2O1. The molecular formula is C24H32O5Si. The van der Waals surface area contributed by atoms with E-state index in [4.69, 9.17) is 23.4 Å². The number of hydrogen-bond acceptors (Lipinski definition) is 5. The van der Waals surface area contributed by atoms with Gasteiger partial charge in [-0.15, -0.1) is 0 Å². The molecule has 0 amide bonds. The molecule has 30 heavy (non-hydrogen) atoms. The van der Waals surface area contributed by atoms with Crippen LogP contribution >= 0.6 is 0 Å². The Morgan fingerprint density at radius 2 is 1.57 bits per heavy atom. The van der Waals surface area contributed by atoms with Crippen LogP contribution < -0.4 is 0 Å². The summed E-state index contributed by atoms with van der Waals surface area (Å²) in [5.41, 5.74) is 2.19. The molecule has 5 nitrogen and oxygen atoms in total. The molecule has 2 saturated heterocycles. The molecular weight excluding hydrogens is 396 g/mol. The minimum absolute atomic E-state index is 0.250. The summed E-state index contributed by atoms with van der Waals surface area (Å²) >= 11 is 0. The van der Waals surface area contributed by atoms with Gasteiger partial charge >= 0.3 is 0 Å². The first kappa shape index (κ1) is 21.7. The average molecular weight is 429 g/mol. The number of hydrogen-bond donors (Lipinski definition) is 0. The van der Waals surface area contributed by atoms with E-state index >= 15 is 0 Å². The summed E-state index contributed by atoms with van der Waals surface area (Å²) in [4.78, 5) is 0. The molecule has 162 valence electrons. The van der Waals surface area contributed by atoms with Gasteiger partial charge in [0.1, 0.15) is 18.3 Å². The number of ether oxygens (including phenoxy) is 4. The lowest BCUT2D eigenvalue weighted by Gasteiger charge is -2.35. The Morgan fingerprint density at radius 3 is 2.20 bits per heavy atom. The quantitative estimate of drug-likeness (QED) is 0.578. The van der Waals surface area contributed by atoms with Gasteiger partial charge in [0.15, 0.2) is 20.4 Å². The van der Waals surface area contributed by atoms with Crippen molar-refractivity contribution >= 4 is 8.32 Å². The monoisotopic (exact) mass is 428 g/mol. The van der Waals surface area contributed by atoms with E-state index in [2.05, 4.69) is 43.9 Å². The fraction of sp³-hybridized carbons (Fsp3) is 0.500. The van der Waals surface area contributed by atoms with Gasteiger partial charge in [-0.3, -0.25) is 0 Å². The largest absolute Gasteiger partial charge is 0.408 e. The van der Waals surface area contributed by atoms with Crippen LogP contribution in [0, 0.1) is 0 Å². The van der Waals surface area contributed by atoms with E-state index in [1.54, 1.807) is 0 Å². The van der Waals surface area contributed by atoms with E-state index in [1.165, 1.54) is 0 Å². The van der Waals surface area contributed by atoms with Crippen LogP contribution in [-0.4, -0.2) is 38.7 Å². The maximum absolute atomic E-state index is 6.63. The summed E-state index contributed by atoms with van der Waals surface area (Å²) in [6, 6.07) is 20.4. The zero-order valence-electron chi connectivity index (χ0n) is 18.4. The summed E-state index contributed by atoms with van der Waals surface area (Å²) in [5, 5.41) is 0. The predicted molar refractivity (Wildman–Crippen MR) is 117 cm³/mol. The predicted octanol–water partition coefficient (Wildman–Crippen LogP) is 5.04. The standard InChI is InChI=1S/C24H32O5Si/c1-24(2)27-22-20(25-16-17-12-8-6-9-13-17)21(26-23(22)28-24)19(29-30(3,4)5)18-14-10-7-11-15-18/h6-15,19-23H,16H2,1-5H3/t19?,20-,21+,22+,23+/m0/s1. The zero-order valence-corrected chi connectivity index (χ0v) is 19.4. The first-order valence-electron chi connectivity index (χ1n) is 10.6. The smallest absolute Gasteiger partial charge is 0.190 e. The molecule has 2 fully saturated rings. The normalized spacial score (nSPS) is 29.0. The molecule has 2 heterocycles. The van der Waals surface area contributed by atoms with Crippen molar-refractivity contribution in [3.05, 3.63) is 71.8 Å². The van der Waals surface area contributed by atoms with Gasteiger partial charge in [0.2, 0.25) is 0 Å². The van der Waals surface area contributed by atoms with Gasteiger partial charge in [0, 0.05) is 0 Å². The van der Waals surface area contributed by atoms with Crippen LogP contribution in [0.25, 0.3) is 0 Å². The fourth-order valence-electron chi connectivity index (χ4n) is 4.05. The molecule has 2 aromatic carbocycles. The van der Waals surface area contributed by atoms with Gasteiger partial charge in [-0.1, -0.05) is 60.7 Å². The minimum atomic E-state index is -1.87. The summed E-state index contributed by atoms with van der Waals surface area (Å²) < 4.78 is 31.7. The Labute approximate surface area is 180 Å². The molecule has 0 aliphatic carbocycles. The van der Waals surface area contributed by atoms with Crippen LogP contribution in [0.3, 0.4) is 0 Å². The van der Waals surface area contributed by atoms with E-state index in [1.807, 2.05) is 50.2 Å². The highest BCUT2D eigenvalue weighted by Crippen LogP contribution is 2.44. The highest BCUT2D eigenvalue weighted by Gasteiger charge is 2.57. The summed E-state index contributed by atoms with van der Waals surface area (Å²) in [6.07, 6.45) is -1.65. The number of benzene rings is 2. The van der Waals surface area contributed by atoms with Crippen molar-refractivity contribution in [3.8, 4) is 0 Å². The molecule has 6 heteroatoms. The molecule has 0 aromatic heterocycles. The van der Waals surface area contributed by atoms with Crippen LogP contribution in [-0.2, 0) is 30.0 Å². The van der Waals surface area contributed by atoms with Crippen LogP contribution in [0.4, 0.5) is 0 Å². The van der Waals surface area contributed by atoms with Crippen molar-refractivity contribution in [1.29, 1.82) is 0 Å². The van der Waals surface area contributed by atoms with Crippen molar-refractivity contribution in [2.75, 3.05) is 0 Å². The Bertz CT molecular complexity index is 820. The minimum Gasteiger partial charge on any atom is -0.408 e. The van der Waals surface area contributed by atoms with Crippen molar-refractivity contribution in [3.63, 3.8) is 0 Å². The lowest BCUT2D eigenvalue weighted by molar-refractivity contribution is -0.229. The maximum Gasteiger partial charge on any atom is 0.190 e. The lowest BCUT2D eigenvalue weighted by Crippen LogP contribution is -2.43. The molecule has 0 saturated carbocycles. The molecule has 0 radical (unpaired) electrons. The zero-order chi connectivity index (χ0) is 21.4. The second-order valence-electron chi connectivity index (χ2n) is 9.39. The fourth-order valence-corrected chi connectivity index (χ4v) is 5.08. The highest BCUT2D eigenvalue weighted by atomic mass is 28.4. The highest BCUT2D eigenvalue weighted by molar-refractivity contribution is 6.69. The van der Waals surface area contributed by atoms with Crippen molar-refractivity contribution in [2.24, 2.45) is 0 Å². The van der Waals surface area contributed by atoms with Crippen LogP contribution in [0.1, 0.15) is 31.1 Å². The third kappa shape index (κ3) is 5.02. The molecule has 1 unspecified atom stereocenters. The lowest BCUT2D eigenvalue weighted by atomic mass is 9.99. The molecule has 2 aliphatic rings. The molecule has 4 rings (SSSR count). The molecule has 2 aliphatic heterocycles. The average Bonchev–Trinajstić information content (AvgIpc) is 3.17. The molecule has 2 aromatic rings. The van der Waals surface area contributed by atoms with Crippen LogP contribution in [0.5, 0.6) is 0 Å². The van der Waals surface area contributed by atoms with Crippen molar-refractivity contribution in [2.45, 2.75) is 76.6 Å². The van der Waals surface area contributed by atoms with E-state index in [-0.39, 0.29) is 24.4 Å². The van der Waals surface area contributed by atoms with Gasteiger partial charge in [0.25, 0.3) is 0 Å². The Balaban J connectivity index is 1.62.